The Morgan fingerprint density at radius 1 is 1.39 bits per heavy atom. The average molecular weight is 267 g/mol. The monoisotopic (exact) mass is 267 g/mol. The highest BCUT2D eigenvalue weighted by Crippen LogP contribution is 2.10. The number of aromatic nitrogens is 1. The van der Waals surface area contributed by atoms with Crippen LogP contribution >= 0.6 is 11.8 Å². The molecule has 1 aromatic heterocycles. The minimum Gasteiger partial charge on any atom is -0.372 e. The van der Waals surface area contributed by atoms with Gasteiger partial charge in [-0.1, -0.05) is 6.42 Å². The smallest absolute Gasteiger partial charge is 0.255 e. The van der Waals surface area contributed by atoms with Gasteiger partial charge >= 0.3 is 0 Å². The molecule has 4 nitrogen and oxygen atoms in total. The number of carbonyl (C=O) groups is 1. The van der Waals surface area contributed by atoms with Gasteiger partial charge in [0.05, 0.1) is 5.56 Å². The molecule has 0 saturated heterocycles. The second-order valence-electron chi connectivity index (χ2n) is 3.96. The van der Waals surface area contributed by atoms with Crippen molar-refractivity contribution in [3.05, 3.63) is 23.9 Å². The molecule has 0 aromatic carbocycles. The summed E-state index contributed by atoms with van der Waals surface area (Å²) in [5.74, 6) is 1.76. The maximum absolute atomic E-state index is 11.9. The number of nitrogens with zero attached hydrogens (tertiary/aromatic N) is 1. The van der Waals surface area contributed by atoms with Gasteiger partial charge in [0.15, 0.2) is 0 Å². The fourth-order valence-electron chi connectivity index (χ4n) is 1.63. The second kappa shape index (κ2) is 8.80. The molecule has 5 heteroatoms. The molecule has 1 aromatic rings. The van der Waals surface area contributed by atoms with E-state index in [2.05, 4.69) is 21.9 Å². The first-order valence-electron chi connectivity index (χ1n) is 6.19. The van der Waals surface area contributed by atoms with Crippen LogP contribution in [0.3, 0.4) is 0 Å². The highest BCUT2D eigenvalue weighted by Gasteiger charge is 2.09. The zero-order valence-corrected chi connectivity index (χ0v) is 11.8. The van der Waals surface area contributed by atoms with Crippen LogP contribution in [0.25, 0.3) is 0 Å². The molecule has 1 amide bonds. The number of nitrogens with one attached hydrogen (secondary N) is 2. The van der Waals surface area contributed by atoms with Crippen LogP contribution in [0, 0.1) is 0 Å². The molecule has 18 heavy (non-hydrogen) atoms. The first kappa shape index (κ1) is 14.8. The Hall–Kier alpha value is -1.23. The Kier molecular flexibility index (Phi) is 7.25. The fraction of sp³-hybridized carbons (Fsp3) is 0.538. The molecule has 100 valence electrons. The molecular weight excluding hydrogens is 246 g/mol. The van der Waals surface area contributed by atoms with Crippen LogP contribution < -0.4 is 10.6 Å². The summed E-state index contributed by atoms with van der Waals surface area (Å²) in [6, 6.07) is 3.55. The zero-order valence-electron chi connectivity index (χ0n) is 11.0. The summed E-state index contributed by atoms with van der Waals surface area (Å²) in [6.45, 7) is 0.727. The minimum atomic E-state index is -0.0580. The topological polar surface area (TPSA) is 54.0 Å². The Labute approximate surface area is 113 Å². The van der Waals surface area contributed by atoms with Crippen LogP contribution in [-0.2, 0) is 0 Å². The molecule has 0 fully saturated rings. The normalized spacial score (nSPS) is 10.1. The molecule has 1 rings (SSSR count). The summed E-state index contributed by atoms with van der Waals surface area (Å²) in [5.41, 5.74) is 0.601. The van der Waals surface area contributed by atoms with Crippen molar-refractivity contribution in [2.24, 2.45) is 0 Å². The van der Waals surface area contributed by atoms with Gasteiger partial charge in [0.1, 0.15) is 5.82 Å². The number of amides is 1. The zero-order chi connectivity index (χ0) is 13.2. The second-order valence-corrected chi connectivity index (χ2v) is 4.94. The summed E-state index contributed by atoms with van der Waals surface area (Å²) in [6.07, 6.45) is 7.19. The fourth-order valence-corrected chi connectivity index (χ4v) is 2.13. The number of anilines is 1. The maximum Gasteiger partial charge on any atom is 0.255 e. The van der Waals surface area contributed by atoms with Crippen LogP contribution in [0.15, 0.2) is 18.3 Å². The van der Waals surface area contributed by atoms with Gasteiger partial charge in [0.25, 0.3) is 5.91 Å². The van der Waals surface area contributed by atoms with Gasteiger partial charge in [-0.3, -0.25) is 4.79 Å². The van der Waals surface area contributed by atoms with E-state index < -0.39 is 0 Å². The number of hydrogen-bond acceptors (Lipinski definition) is 4. The van der Waals surface area contributed by atoms with Gasteiger partial charge < -0.3 is 10.6 Å². The number of thioether (sulfide) groups is 1. The van der Waals surface area contributed by atoms with Gasteiger partial charge in [-0.25, -0.2) is 4.98 Å². The molecular formula is C13H21N3OS. The van der Waals surface area contributed by atoms with Gasteiger partial charge in [0.2, 0.25) is 0 Å². The number of rotatable bonds is 8. The van der Waals surface area contributed by atoms with Gasteiger partial charge in [-0.05, 0) is 37.0 Å². The summed E-state index contributed by atoms with van der Waals surface area (Å²) in [5, 5.41) is 5.84. The molecule has 0 aliphatic carbocycles. The largest absolute Gasteiger partial charge is 0.372 e. The van der Waals surface area contributed by atoms with Crippen molar-refractivity contribution in [1.29, 1.82) is 0 Å². The number of carbonyl (C=O) groups excluding carboxylic acids is 1. The van der Waals surface area contributed by atoms with E-state index in [1.807, 2.05) is 11.8 Å². The summed E-state index contributed by atoms with van der Waals surface area (Å²) in [7, 11) is 1.77. The Bertz CT molecular complexity index is 371. The van der Waals surface area contributed by atoms with Gasteiger partial charge in [-0.2, -0.15) is 11.8 Å². The van der Waals surface area contributed by atoms with Crippen molar-refractivity contribution >= 4 is 23.5 Å². The highest BCUT2D eigenvalue weighted by molar-refractivity contribution is 7.98. The van der Waals surface area contributed by atoms with E-state index in [4.69, 9.17) is 0 Å². The van der Waals surface area contributed by atoms with Crippen LogP contribution in [0.1, 0.15) is 29.6 Å². The van der Waals surface area contributed by atoms with Crippen molar-refractivity contribution in [3.63, 3.8) is 0 Å². The molecule has 0 bridgehead atoms. The van der Waals surface area contributed by atoms with E-state index in [-0.39, 0.29) is 5.91 Å². The highest BCUT2D eigenvalue weighted by atomic mass is 32.2. The van der Waals surface area contributed by atoms with E-state index in [1.165, 1.54) is 12.2 Å². The molecule has 0 unspecified atom stereocenters. The van der Waals surface area contributed by atoms with Crippen LogP contribution in [0.4, 0.5) is 5.82 Å². The van der Waals surface area contributed by atoms with Crippen molar-refractivity contribution in [1.82, 2.24) is 10.3 Å². The lowest BCUT2D eigenvalue weighted by Gasteiger charge is -2.08. The molecule has 0 saturated carbocycles. The predicted molar refractivity (Wildman–Crippen MR) is 78.3 cm³/mol. The number of unbranched alkanes of at least 4 members (excludes halogenated alkanes) is 2. The molecule has 0 aliphatic rings. The van der Waals surface area contributed by atoms with Gasteiger partial charge in [0, 0.05) is 19.8 Å². The molecule has 0 aliphatic heterocycles. The Morgan fingerprint density at radius 2 is 2.22 bits per heavy atom. The lowest BCUT2D eigenvalue weighted by Crippen LogP contribution is -2.25. The van der Waals surface area contributed by atoms with Crippen molar-refractivity contribution in [3.8, 4) is 0 Å². The molecule has 0 atom stereocenters. The van der Waals surface area contributed by atoms with E-state index >= 15 is 0 Å². The Morgan fingerprint density at radius 3 is 2.94 bits per heavy atom. The summed E-state index contributed by atoms with van der Waals surface area (Å²) >= 11 is 1.86. The minimum absolute atomic E-state index is 0.0580. The number of pyridine rings is 1. The first-order valence-corrected chi connectivity index (χ1v) is 7.59. The van der Waals surface area contributed by atoms with Crippen LogP contribution in [-0.4, -0.2) is 36.5 Å². The van der Waals surface area contributed by atoms with Crippen molar-refractivity contribution in [2.45, 2.75) is 19.3 Å². The average Bonchev–Trinajstić information content (AvgIpc) is 2.42. The van der Waals surface area contributed by atoms with E-state index in [9.17, 15) is 4.79 Å². The van der Waals surface area contributed by atoms with Gasteiger partial charge in [-0.15, -0.1) is 0 Å². The maximum atomic E-state index is 11.9. The first-order chi connectivity index (χ1) is 8.79. The lowest BCUT2D eigenvalue weighted by molar-refractivity contribution is 0.0953. The van der Waals surface area contributed by atoms with E-state index in [1.54, 1.807) is 25.4 Å². The summed E-state index contributed by atoms with van der Waals surface area (Å²) < 4.78 is 0. The van der Waals surface area contributed by atoms with Crippen molar-refractivity contribution < 1.29 is 4.79 Å². The standard InChI is InChI=1S/C13H21N3OS/c1-14-12-11(7-6-9-15-12)13(17)16-8-4-3-5-10-18-2/h6-7,9H,3-5,8,10H2,1-2H3,(H,14,15)(H,16,17). The molecule has 1 heterocycles. The third-order valence-electron chi connectivity index (χ3n) is 2.60. The number of hydrogen-bond donors (Lipinski definition) is 2. The van der Waals surface area contributed by atoms with Crippen molar-refractivity contribution in [2.75, 3.05) is 30.9 Å². The predicted octanol–water partition coefficient (Wildman–Crippen LogP) is 2.39. The molecule has 0 radical (unpaired) electrons. The Balaban J connectivity index is 2.32. The van der Waals surface area contributed by atoms with Crippen LogP contribution in [0.5, 0.6) is 0 Å². The van der Waals surface area contributed by atoms with E-state index in [0.29, 0.717) is 11.4 Å². The lowest BCUT2D eigenvalue weighted by atomic mass is 10.2. The quantitative estimate of drug-likeness (QED) is 0.710. The molecule has 2 N–H and O–H groups in total. The summed E-state index contributed by atoms with van der Waals surface area (Å²) in [4.78, 5) is 16.0. The SMILES string of the molecule is CNc1ncccc1C(=O)NCCCCCSC. The molecule has 0 spiro atoms. The third-order valence-corrected chi connectivity index (χ3v) is 3.30. The third kappa shape index (κ3) is 4.96. The van der Waals surface area contributed by atoms with E-state index in [0.717, 1.165) is 19.4 Å². The van der Waals surface area contributed by atoms with Crippen LogP contribution in [0.2, 0.25) is 0 Å².